The first-order valence-electron chi connectivity index (χ1n) is 14.5. The molecule has 0 bridgehead atoms. The van der Waals surface area contributed by atoms with E-state index in [1.807, 2.05) is 30.3 Å². The van der Waals surface area contributed by atoms with Gasteiger partial charge in [-0.25, -0.2) is 4.98 Å². The molecule has 0 spiro atoms. The average Bonchev–Trinajstić information content (AvgIpc) is 3.71. The zero-order chi connectivity index (χ0) is 30.4. The van der Waals surface area contributed by atoms with Crippen molar-refractivity contribution in [1.82, 2.24) is 14.9 Å². The number of methoxy groups -OCH3 is 1. The summed E-state index contributed by atoms with van der Waals surface area (Å²) in [7, 11) is 1.63. The number of benzene rings is 2. The molecule has 44 heavy (non-hydrogen) atoms. The van der Waals surface area contributed by atoms with E-state index >= 15 is 0 Å². The monoisotopic (exact) mass is 632 g/mol. The number of amides is 1. The van der Waals surface area contributed by atoms with E-state index in [4.69, 9.17) is 42.4 Å². The van der Waals surface area contributed by atoms with Crippen LogP contribution in [0.4, 0.5) is 5.69 Å². The summed E-state index contributed by atoms with van der Waals surface area (Å²) in [5.74, 6) is 0.180. The Balaban J connectivity index is 1.16. The molecule has 7 rings (SSSR count). The van der Waals surface area contributed by atoms with Gasteiger partial charge in [-0.05, 0) is 36.6 Å². The van der Waals surface area contributed by atoms with Gasteiger partial charge in [0.25, 0.3) is 5.91 Å². The Hall–Kier alpha value is -3.57. The highest BCUT2D eigenvalue weighted by atomic mass is 35.5. The number of aromatic nitrogens is 2. The van der Waals surface area contributed by atoms with Crippen LogP contribution in [0.5, 0.6) is 5.88 Å². The molecule has 2 N–H and O–H groups in total. The summed E-state index contributed by atoms with van der Waals surface area (Å²) in [6, 6.07) is 16.8. The van der Waals surface area contributed by atoms with Crippen molar-refractivity contribution >= 4 is 34.8 Å². The molecule has 3 aliphatic rings. The Morgan fingerprint density at radius 3 is 2.45 bits per heavy atom. The van der Waals surface area contributed by atoms with Crippen LogP contribution in [0, 0.1) is 0 Å². The molecule has 11 heteroatoms. The summed E-state index contributed by atoms with van der Waals surface area (Å²) in [6.07, 6.45) is 2.69. The second-order valence-corrected chi connectivity index (χ2v) is 11.8. The number of fused-ring (bicyclic) bond motifs is 1. The average molecular weight is 634 g/mol. The number of hydrogen-bond donors (Lipinski definition) is 2. The highest BCUT2D eigenvalue weighted by Crippen LogP contribution is 2.46. The molecule has 2 saturated heterocycles. The molecule has 1 aliphatic carbocycles. The summed E-state index contributed by atoms with van der Waals surface area (Å²) in [5.41, 5.74) is 6.51. The number of pyridine rings is 2. The van der Waals surface area contributed by atoms with Gasteiger partial charge in [-0.15, -0.1) is 0 Å². The molecule has 2 aromatic carbocycles. The summed E-state index contributed by atoms with van der Waals surface area (Å²) in [6.45, 7) is 2.38. The normalized spacial score (nSPS) is 18.7. The van der Waals surface area contributed by atoms with Crippen molar-refractivity contribution < 1.29 is 24.1 Å². The second kappa shape index (κ2) is 12.1. The summed E-state index contributed by atoms with van der Waals surface area (Å²) >= 11 is 13.9. The highest BCUT2D eigenvalue weighted by molar-refractivity contribution is 6.39. The van der Waals surface area contributed by atoms with Crippen LogP contribution in [0.15, 0.2) is 60.8 Å². The SMILES string of the molecule is COc1nc(-c2cccc(-c3cccc(NC(=O)c4ccc(C5OCCO5)cn4)c3Cl)c2Cl)cc2c1C(N1CC(O)C1)CC2. The first-order chi connectivity index (χ1) is 21.4. The van der Waals surface area contributed by atoms with Crippen molar-refractivity contribution in [3.8, 4) is 28.3 Å². The van der Waals surface area contributed by atoms with E-state index in [0.29, 0.717) is 64.7 Å². The van der Waals surface area contributed by atoms with Gasteiger partial charge < -0.3 is 24.6 Å². The molecular formula is C33H30Cl2N4O5. The van der Waals surface area contributed by atoms with Crippen LogP contribution in [0.2, 0.25) is 10.0 Å². The van der Waals surface area contributed by atoms with Crippen LogP contribution < -0.4 is 10.1 Å². The Bertz CT molecular complexity index is 1720. The van der Waals surface area contributed by atoms with E-state index in [1.165, 1.54) is 5.56 Å². The van der Waals surface area contributed by atoms with Crippen molar-refractivity contribution in [1.29, 1.82) is 0 Å². The van der Waals surface area contributed by atoms with Crippen molar-refractivity contribution in [3.05, 3.63) is 93.2 Å². The maximum Gasteiger partial charge on any atom is 0.274 e. The third-order valence-corrected chi connectivity index (χ3v) is 9.19. The standard InChI is InChI=1S/C33H30Cl2N4O5/c1-42-32-28-18(9-11-27(28)39-16-20(40)17-39)14-26(38-32)23-6-2-4-21(29(23)34)22-5-3-7-24(30(22)35)37-31(41)25-10-8-19(15-36-25)33-43-12-13-44-33/h2-8,10,14-15,20,27,33,40H,9,11-13,16-17H2,1H3,(H,37,41). The number of nitrogens with one attached hydrogen (secondary N) is 1. The number of ether oxygens (including phenoxy) is 3. The second-order valence-electron chi connectivity index (χ2n) is 11.1. The fourth-order valence-corrected chi connectivity index (χ4v) is 6.77. The Labute approximate surface area is 264 Å². The number of carbonyl (C=O) groups excluding carboxylic acids is 1. The lowest BCUT2D eigenvalue weighted by atomic mass is 9.98. The molecule has 226 valence electrons. The molecule has 2 aliphatic heterocycles. The van der Waals surface area contributed by atoms with Gasteiger partial charge in [-0.3, -0.25) is 14.7 Å². The number of aliphatic hydroxyl groups is 1. The van der Waals surface area contributed by atoms with Gasteiger partial charge in [0, 0.05) is 53.1 Å². The van der Waals surface area contributed by atoms with Crippen LogP contribution >= 0.6 is 23.2 Å². The third-order valence-electron chi connectivity index (χ3n) is 8.38. The number of hydrogen-bond acceptors (Lipinski definition) is 8. The number of aliphatic hydroxyl groups excluding tert-OH is 1. The summed E-state index contributed by atoms with van der Waals surface area (Å²) in [4.78, 5) is 24.5. The number of likely N-dealkylation sites (tertiary alicyclic amines) is 1. The van der Waals surface area contributed by atoms with Gasteiger partial charge in [0.05, 0.1) is 47.9 Å². The van der Waals surface area contributed by atoms with Crippen LogP contribution in [0.3, 0.4) is 0 Å². The predicted molar refractivity (Wildman–Crippen MR) is 167 cm³/mol. The molecular weight excluding hydrogens is 603 g/mol. The topological polar surface area (TPSA) is 106 Å². The van der Waals surface area contributed by atoms with Gasteiger partial charge in [-0.2, -0.15) is 0 Å². The molecule has 2 fully saturated rings. The zero-order valence-corrected chi connectivity index (χ0v) is 25.4. The van der Waals surface area contributed by atoms with Crippen LogP contribution in [-0.4, -0.2) is 65.4 Å². The van der Waals surface area contributed by atoms with E-state index in [9.17, 15) is 9.90 Å². The lowest BCUT2D eigenvalue weighted by molar-refractivity contribution is -0.0443. The van der Waals surface area contributed by atoms with Crippen molar-refractivity contribution in [2.24, 2.45) is 0 Å². The molecule has 1 atom stereocenters. The number of anilines is 1. The van der Waals surface area contributed by atoms with Crippen molar-refractivity contribution in [2.75, 3.05) is 38.7 Å². The third kappa shape index (κ3) is 5.34. The van der Waals surface area contributed by atoms with Gasteiger partial charge in [0.1, 0.15) is 5.69 Å². The number of rotatable bonds is 7. The molecule has 0 saturated carbocycles. The maximum atomic E-state index is 13.1. The zero-order valence-electron chi connectivity index (χ0n) is 23.9. The number of β-amino-alcohol motifs (C(OH)–C–C–N with tert-alkyl or cyclic N) is 1. The van der Waals surface area contributed by atoms with Crippen LogP contribution in [0.1, 0.15) is 45.9 Å². The number of carbonyl (C=O) groups is 1. The molecule has 4 aromatic rings. The molecule has 1 amide bonds. The Morgan fingerprint density at radius 1 is 1.02 bits per heavy atom. The van der Waals surface area contributed by atoms with Crippen molar-refractivity contribution in [3.63, 3.8) is 0 Å². The summed E-state index contributed by atoms with van der Waals surface area (Å²) < 4.78 is 16.8. The lowest BCUT2D eigenvalue weighted by Gasteiger charge is -2.40. The predicted octanol–water partition coefficient (Wildman–Crippen LogP) is 6.09. The van der Waals surface area contributed by atoms with E-state index in [-0.39, 0.29) is 17.8 Å². The first kappa shape index (κ1) is 29.2. The molecule has 4 heterocycles. The Morgan fingerprint density at radius 2 is 1.75 bits per heavy atom. The first-order valence-corrected chi connectivity index (χ1v) is 15.2. The molecule has 1 unspecified atom stereocenters. The fourth-order valence-electron chi connectivity index (χ4n) is 6.17. The van der Waals surface area contributed by atoms with Gasteiger partial charge in [0.15, 0.2) is 6.29 Å². The largest absolute Gasteiger partial charge is 0.481 e. The van der Waals surface area contributed by atoms with Crippen LogP contribution in [-0.2, 0) is 15.9 Å². The fraction of sp³-hybridized carbons (Fsp3) is 0.303. The van der Waals surface area contributed by atoms with Gasteiger partial charge in [-0.1, -0.05) is 59.6 Å². The molecule has 9 nitrogen and oxygen atoms in total. The minimum atomic E-state index is -0.461. The summed E-state index contributed by atoms with van der Waals surface area (Å²) in [5, 5.41) is 13.5. The van der Waals surface area contributed by atoms with E-state index in [2.05, 4.69) is 21.3 Å². The van der Waals surface area contributed by atoms with E-state index in [1.54, 1.807) is 31.5 Å². The number of aryl methyl sites for hydroxylation is 1. The van der Waals surface area contributed by atoms with E-state index < -0.39 is 12.2 Å². The van der Waals surface area contributed by atoms with Crippen LogP contribution in [0.25, 0.3) is 22.4 Å². The molecule has 2 aromatic heterocycles. The molecule has 0 radical (unpaired) electrons. The quantitative estimate of drug-likeness (QED) is 0.252. The highest BCUT2D eigenvalue weighted by Gasteiger charge is 2.38. The van der Waals surface area contributed by atoms with Crippen molar-refractivity contribution in [2.45, 2.75) is 31.3 Å². The van der Waals surface area contributed by atoms with Gasteiger partial charge in [0.2, 0.25) is 5.88 Å². The minimum absolute atomic E-state index is 0.187. The maximum absolute atomic E-state index is 13.1. The smallest absolute Gasteiger partial charge is 0.274 e. The van der Waals surface area contributed by atoms with E-state index in [0.717, 1.165) is 29.5 Å². The number of halogens is 2. The minimum Gasteiger partial charge on any atom is -0.481 e. The Kier molecular flexibility index (Phi) is 8.01. The lowest BCUT2D eigenvalue weighted by Crippen LogP contribution is -2.51. The number of nitrogens with zero attached hydrogens (tertiary/aromatic N) is 3. The van der Waals surface area contributed by atoms with Gasteiger partial charge >= 0.3 is 0 Å².